The molecule has 1 aliphatic rings. The molecule has 1 amide bonds. The third-order valence-corrected chi connectivity index (χ3v) is 3.68. The molecule has 0 unspecified atom stereocenters. The quantitative estimate of drug-likeness (QED) is 0.450. The van der Waals surface area contributed by atoms with E-state index in [1.54, 1.807) is 31.2 Å². The maximum Gasteiger partial charge on any atom is 0.273 e. The molecule has 25 heavy (non-hydrogen) atoms. The number of nitrogens with zero attached hydrogens (tertiary/aromatic N) is 2. The van der Waals surface area contributed by atoms with Crippen LogP contribution in [0, 0.1) is 12.1 Å². The van der Waals surface area contributed by atoms with Crippen molar-refractivity contribution in [2.75, 3.05) is 7.11 Å². The van der Waals surface area contributed by atoms with Crippen LogP contribution in [-0.2, 0) is 11.4 Å². The molecule has 2 N–H and O–H groups in total. The minimum absolute atomic E-state index is 0.0200. The topological polar surface area (TPSA) is 113 Å². The molecule has 2 aromatic rings. The maximum atomic E-state index is 11.7. The molecule has 1 saturated heterocycles. The highest BCUT2D eigenvalue weighted by Gasteiger charge is 2.20. The molecule has 3 rings (SSSR count). The number of amides is 1. The van der Waals surface area contributed by atoms with Crippen molar-refractivity contribution >= 4 is 29.3 Å². The summed E-state index contributed by atoms with van der Waals surface area (Å²) in [6.45, 7) is 1.63. The Labute approximate surface area is 147 Å². The number of rotatable bonds is 5. The molecule has 9 nitrogen and oxygen atoms in total. The Morgan fingerprint density at radius 3 is 2.80 bits per heavy atom. The molecule has 0 atom stereocenters. The summed E-state index contributed by atoms with van der Waals surface area (Å²) < 4.78 is 15.4. The summed E-state index contributed by atoms with van der Waals surface area (Å²) in [5.41, 5.74) is 1.78. The number of thiocarbonyl (C=S) groups is 1. The van der Waals surface area contributed by atoms with Gasteiger partial charge in [0.1, 0.15) is 5.70 Å². The first-order valence-electron chi connectivity index (χ1n) is 7.18. The number of carbonyl (C=O) groups is 1. The molecule has 130 valence electrons. The molecule has 10 heteroatoms. The van der Waals surface area contributed by atoms with Gasteiger partial charge in [0.25, 0.3) is 5.91 Å². The van der Waals surface area contributed by atoms with Gasteiger partial charge in [0.05, 0.1) is 7.11 Å². The predicted molar refractivity (Wildman–Crippen MR) is 89.4 cm³/mol. The minimum Gasteiger partial charge on any atom is -0.493 e. The van der Waals surface area contributed by atoms with E-state index in [1.165, 1.54) is 7.11 Å². The lowest BCUT2D eigenvalue weighted by molar-refractivity contribution is -0.808. The van der Waals surface area contributed by atoms with Crippen molar-refractivity contribution in [2.45, 2.75) is 13.5 Å². The Morgan fingerprint density at radius 1 is 1.40 bits per heavy atom. The van der Waals surface area contributed by atoms with Crippen molar-refractivity contribution in [1.29, 1.82) is 0 Å². The number of methoxy groups -OCH3 is 1. The van der Waals surface area contributed by atoms with E-state index in [2.05, 4.69) is 20.4 Å². The Morgan fingerprint density at radius 2 is 2.20 bits per heavy atom. The van der Waals surface area contributed by atoms with Crippen molar-refractivity contribution in [2.24, 2.45) is 0 Å². The fourth-order valence-corrected chi connectivity index (χ4v) is 2.38. The molecular formula is C15H14N4O5S. The molecule has 0 aliphatic carbocycles. The van der Waals surface area contributed by atoms with E-state index in [1.807, 2.05) is 0 Å². The van der Waals surface area contributed by atoms with Crippen molar-refractivity contribution < 1.29 is 23.8 Å². The van der Waals surface area contributed by atoms with Gasteiger partial charge in [-0.3, -0.25) is 14.7 Å². The largest absolute Gasteiger partial charge is 0.493 e. The van der Waals surface area contributed by atoms with Crippen LogP contribution < -0.4 is 25.0 Å². The Bertz CT molecular complexity index is 857. The number of aromatic nitrogens is 2. The van der Waals surface area contributed by atoms with Crippen LogP contribution in [0.25, 0.3) is 6.08 Å². The summed E-state index contributed by atoms with van der Waals surface area (Å²) in [7, 11) is 1.49. The van der Waals surface area contributed by atoms with Crippen LogP contribution >= 0.6 is 12.2 Å². The van der Waals surface area contributed by atoms with Crippen molar-refractivity contribution in [1.82, 2.24) is 15.8 Å². The van der Waals surface area contributed by atoms with Gasteiger partial charge in [-0.1, -0.05) is 6.07 Å². The third-order valence-electron chi connectivity index (χ3n) is 3.47. The number of hydrogen-bond acceptors (Lipinski definition) is 7. The van der Waals surface area contributed by atoms with E-state index < -0.39 is 0 Å². The van der Waals surface area contributed by atoms with E-state index in [0.717, 1.165) is 0 Å². The third kappa shape index (κ3) is 3.53. The van der Waals surface area contributed by atoms with Crippen molar-refractivity contribution in [3.05, 3.63) is 46.1 Å². The highest BCUT2D eigenvalue weighted by atomic mass is 32.1. The number of carbonyl (C=O) groups excluding carboxylic acids is 1. The highest BCUT2D eigenvalue weighted by Crippen LogP contribution is 2.29. The van der Waals surface area contributed by atoms with Crippen LogP contribution in [0.15, 0.2) is 28.5 Å². The van der Waals surface area contributed by atoms with E-state index in [0.29, 0.717) is 33.4 Å². The van der Waals surface area contributed by atoms with E-state index >= 15 is 0 Å². The number of aryl methyl sites for hydroxylation is 1. The van der Waals surface area contributed by atoms with Gasteiger partial charge in [0.2, 0.25) is 11.4 Å². The first-order valence-corrected chi connectivity index (χ1v) is 7.59. The summed E-state index contributed by atoms with van der Waals surface area (Å²) in [6, 6.07) is 5.12. The monoisotopic (exact) mass is 362 g/mol. The van der Waals surface area contributed by atoms with Gasteiger partial charge in [-0.2, -0.15) is 0 Å². The fourth-order valence-electron chi connectivity index (χ4n) is 2.18. The average molecular weight is 362 g/mol. The Balaban J connectivity index is 1.79. The normalized spacial score (nSPS) is 15.2. The molecule has 0 bridgehead atoms. The Hall–Kier alpha value is -3.14. The molecule has 1 fully saturated rings. The Kier molecular flexibility index (Phi) is 4.52. The van der Waals surface area contributed by atoms with Gasteiger partial charge in [-0.15, -0.1) is 0 Å². The molecule has 0 saturated carbocycles. The van der Waals surface area contributed by atoms with Crippen LogP contribution in [0.4, 0.5) is 0 Å². The molecule has 2 heterocycles. The summed E-state index contributed by atoms with van der Waals surface area (Å²) >= 11 is 4.88. The molecule has 1 aromatic carbocycles. The van der Waals surface area contributed by atoms with Crippen molar-refractivity contribution in [3.63, 3.8) is 0 Å². The zero-order valence-corrected chi connectivity index (χ0v) is 14.2. The number of nitrogens with one attached hydrogen (secondary N) is 2. The van der Waals surface area contributed by atoms with Crippen LogP contribution in [0.1, 0.15) is 17.0 Å². The molecule has 0 radical (unpaired) electrons. The summed E-state index contributed by atoms with van der Waals surface area (Å²) in [6.07, 6.45) is 1.64. The summed E-state index contributed by atoms with van der Waals surface area (Å²) in [5.74, 6) is 0.582. The lowest BCUT2D eigenvalue weighted by Gasteiger charge is -2.10. The van der Waals surface area contributed by atoms with Gasteiger partial charge in [-0.05, 0) is 40.9 Å². The van der Waals surface area contributed by atoms with E-state index in [9.17, 15) is 10.0 Å². The highest BCUT2D eigenvalue weighted by molar-refractivity contribution is 7.80. The maximum absolute atomic E-state index is 11.7. The first kappa shape index (κ1) is 16.7. The smallest absolute Gasteiger partial charge is 0.273 e. The lowest BCUT2D eigenvalue weighted by atomic mass is 10.1. The average Bonchev–Trinajstić information content (AvgIpc) is 3.07. The summed E-state index contributed by atoms with van der Waals surface area (Å²) in [4.78, 5) is 12.0. The number of benzene rings is 1. The van der Waals surface area contributed by atoms with E-state index in [-0.39, 0.29) is 23.3 Å². The van der Waals surface area contributed by atoms with Crippen LogP contribution in [0.2, 0.25) is 0 Å². The van der Waals surface area contributed by atoms with E-state index in [4.69, 9.17) is 21.7 Å². The van der Waals surface area contributed by atoms with Gasteiger partial charge >= 0.3 is 0 Å². The zero-order chi connectivity index (χ0) is 18.0. The van der Waals surface area contributed by atoms with Gasteiger partial charge in [0, 0.05) is 12.1 Å². The van der Waals surface area contributed by atoms with Crippen molar-refractivity contribution in [3.8, 4) is 11.5 Å². The second kappa shape index (κ2) is 6.77. The zero-order valence-electron chi connectivity index (χ0n) is 13.4. The SMILES string of the molecule is COc1cc(/C=C2\NC(=S)NC2=O)ccc1OCc1c(C)no[n+]1[O-]. The minimum atomic E-state index is -0.299. The second-order valence-electron chi connectivity index (χ2n) is 5.13. The van der Waals surface area contributed by atoms with Crippen LogP contribution in [-0.4, -0.2) is 23.3 Å². The predicted octanol–water partition coefficient (Wildman–Crippen LogP) is 0.549. The number of hydrogen-bond donors (Lipinski definition) is 2. The van der Waals surface area contributed by atoms with Gasteiger partial charge in [-0.25, -0.2) is 0 Å². The molecule has 1 aromatic heterocycles. The van der Waals surface area contributed by atoms with Crippen LogP contribution in [0.3, 0.4) is 0 Å². The first-order chi connectivity index (χ1) is 12.0. The number of ether oxygens (including phenoxy) is 2. The van der Waals surface area contributed by atoms with Gasteiger partial charge in [0.15, 0.2) is 23.2 Å². The fraction of sp³-hybridized carbons (Fsp3) is 0.200. The second-order valence-corrected chi connectivity index (χ2v) is 5.54. The molecule has 1 aliphatic heterocycles. The molecular weight excluding hydrogens is 348 g/mol. The van der Waals surface area contributed by atoms with Gasteiger partial charge < -0.3 is 20.0 Å². The molecule has 0 spiro atoms. The summed E-state index contributed by atoms with van der Waals surface area (Å²) in [5, 5.41) is 20.5. The standard InChI is InChI=1S/C15H14N4O5S/c1-8-11(19(21)24-18-8)7-23-12-4-3-9(6-13(12)22-2)5-10-14(20)17-15(25)16-10/h3-6H,7H2,1-2H3,(H2,16,17,20,25)/b10-5-. The lowest BCUT2D eigenvalue weighted by Crippen LogP contribution is -2.29. The van der Waals surface area contributed by atoms with Crippen LogP contribution in [0.5, 0.6) is 11.5 Å².